The van der Waals surface area contributed by atoms with Gasteiger partial charge in [0.05, 0.1) is 41.9 Å². The summed E-state index contributed by atoms with van der Waals surface area (Å²) >= 11 is 6.73. The van der Waals surface area contributed by atoms with Gasteiger partial charge in [-0.15, -0.1) is 0 Å². The van der Waals surface area contributed by atoms with Crippen LogP contribution in [0.1, 0.15) is 27.9 Å². The molecular weight excluding hydrogens is 622 g/mol. The molecule has 232 valence electrons. The maximum Gasteiger partial charge on any atom is 0.421 e. The molecule has 2 aromatic carbocycles. The molecule has 1 unspecified atom stereocenters. The zero-order valence-corrected chi connectivity index (χ0v) is 25.5. The number of benzene rings is 2. The van der Waals surface area contributed by atoms with Gasteiger partial charge in [-0.25, -0.2) is 4.98 Å². The Balaban J connectivity index is 1.64. The summed E-state index contributed by atoms with van der Waals surface area (Å²) < 4.78 is 61.0. The largest absolute Gasteiger partial charge is 0.495 e. The third-order valence-electron chi connectivity index (χ3n) is 6.68. The van der Waals surface area contributed by atoms with Crippen molar-refractivity contribution in [1.29, 1.82) is 0 Å². The van der Waals surface area contributed by atoms with Gasteiger partial charge in [-0.05, 0) is 30.2 Å². The van der Waals surface area contributed by atoms with Crippen molar-refractivity contribution in [2.24, 2.45) is 0 Å². The van der Waals surface area contributed by atoms with Gasteiger partial charge in [-0.1, -0.05) is 23.7 Å². The predicted octanol–water partition coefficient (Wildman–Crippen LogP) is 6.75. The number of alkyl halides is 3. The molecule has 11 nitrogen and oxygen atoms in total. The molecule has 5 heterocycles. The van der Waals surface area contributed by atoms with Crippen molar-refractivity contribution in [3.8, 4) is 16.9 Å². The molecule has 0 spiro atoms. The number of nitrogens with zero attached hydrogens (tertiary/aromatic N) is 4. The Bertz CT molecular complexity index is 1670. The number of carbonyl (C=O) groups is 1. The Morgan fingerprint density at radius 2 is 1.95 bits per heavy atom. The number of anilines is 4. The summed E-state index contributed by atoms with van der Waals surface area (Å²) in [5, 5.41) is 12.5. The van der Waals surface area contributed by atoms with Crippen LogP contribution in [-0.2, 0) is 27.9 Å². The molecule has 16 heteroatoms. The van der Waals surface area contributed by atoms with E-state index in [1.807, 2.05) is 6.07 Å². The van der Waals surface area contributed by atoms with Crippen LogP contribution >= 0.6 is 20.0 Å². The lowest BCUT2D eigenvalue weighted by Crippen LogP contribution is -2.21. The fourth-order valence-electron chi connectivity index (χ4n) is 4.51. The lowest BCUT2D eigenvalue weighted by Gasteiger charge is -2.19. The van der Waals surface area contributed by atoms with Crippen molar-refractivity contribution in [1.82, 2.24) is 25.1 Å². The molecule has 1 amide bonds. The number of aryl methyl sites for hydroxylation is 1. The topological polar surface area (TPSA) is 124 Å². The lowest BCUT2D eigenvalue weighted by molar-refractivity contribution is -0.137. The van der Waals surface area contributed by atoms with Crippen LogP contribution in [0.2, 0.25) is 5.02 Å². The van der Waals surface area contributed by atoms with Gasteiger partial charge in [-0.2, -0.15) is 23.3 Å². The molecule has 0 saturated heterocycles. The van der Waals surface area contributed by atoms with Crippen LogP contribution in [0.4, 0.5) is 36.3 Å². The van der Waals surface area contributed by atoms with Crippen molar-refractivity contribution in [2.45, 2.75) is 25.3 Å². The number of amides is 1. The molecule has 8 bridgehead atoms. The average molecular weight is 650 g/mol. The first-order valence-corrected chi connectivity index (χ1v) is 15.0. The van der Waals surface area contributed by atoms with E-state index in [1.54, 1.807) is 42.4 Å². The van der Waals surface area contributed by atoms with Gasteiger partial charge < -0.3 is 29.7 Å². The van der Waals surface area contributed by atoms with E-state index in [1.165, 1.54) is 20.2 Å². The molecular formula is C28H28ClF3N7O4P. The summed E-state index contributed by atoms with van der Waals surface area (Å²) in [5.74, 6) is -0.934. The highest BCUT2D eigenvalue weighted by Crippen LogP contribution is 2.43. The van der Waals surface area contributed by atoms with Crippen molar-refractivity contribution in [3.05, 3.63) is 70.6 Å². The Kier molecular flexibility index (Phi) is 9.54. The molecule has 3 aliphatic heterocycles. The minimum atomic E-state index is -4.81. The van der Waals surface area contributed by atoms with Crippen LogP contribution < -0.4 is 20.7 Å². The molecule has 44 heavy (non-hydrogen) atoms. The number of rotatable bonds is 3. The zero-order valence-electron chi connectivity index (χ0n) is 23.8. The number of nitrogens with one attached hydrogen (secondary N) is 3. The molecule has 4 aromatic rings. The summed E-state index contributed by atoms with van der Waals surface area (Å²) in [6, 6.07) is 8.36. The van der Waals surface area contributed by atoms with Crippen LogP contribution in [-0.4, -0.2) is 53.5 Å². The zero-order chi connectivity index (χ0) is 31.4. The van der Waals surface area contributed by atoms with Crippen molar-refractivity contribution < 1.29 is 31.8 Å². The van der Waals surface area contributed by atoms with E-state index in [0.717, 1.165) is 5.56 Å². The maximum absolute atomic E-state index is 14.1. The third-order valence-corrected chi connectivity index (χ3v) is 8.58. The summed E-state index contributed by atoms with van der Waals surface area (Å²) in [6.45, 7) is 0.970. The molecule has 7 rings (SSSR count). The van der Waals surface area contributed by atoms with Crippen LogP contribution in [0.3, 0.4) is 0 Å². The molecule has 0 aliphatic carbocycles. The number of carbonyl (C=O) groups excluding carboxylic acids is 1. The van der Waals surface area contributed by atoms with E-state index < -0.39 is 31.8 Å². The number of hydrogen-bond acceptors (Lipinski definition) is 9. The van der Waals surface area contributed by atoms with Gasteiger partial charge in [0.1, 0.15) is 17.1 Å². The van der Waals surface area contributed by atoms with Gasteiger partial charge in [0.15, 0.2) is 8.38 Å². The second-order valence-corrected chi connectivity index (χ2v) is 11.5. The minimum Gasteiger partial charge on any atom is -0.495 e. The highest BCUT2D eigenvalue weighted by atomic mass is 35.5. The molecule has 1 atom stereocenters. The van der Waals surface area contributed by atoms with Crippen LogP contribution in [0.5, 0.6) is 5.75 Å². The van der Waals surface area contributed by atoms with Gasteiger partial charge in [0.25, 0.3) is 5.91 Å². The molecule has 3 aliphatic rings. The Labute approximate surface area is 257 Å². The maximum atomic E-state index is 14.1. The molecule has 3 N–H and O–H groups in total. The first-order chi connectivity index (χ1) is 21.1. The first kappa shape index (κ1) is 31.5. The van der Waals surface area contributed by atoms with E-state index in [0.29, 0.717) is 54.5 Å². The van der Waals surface area contributed by atoms with Crippen LogP contribution in [0, 0.1) is 0 Å². The van der Waals surface area contributed by atoms with E-state index in [-0.39, 0.29) is 22.2 Å². The number of ether oxygens (including phenoxy) is 1. The van der Waals surface area contributed by atoms with E-state index in [4.69, 9.17) is 25.4 Å². The summed E-state index contributed by atoms with van der Waals surface area (Å²) in [4.78, 5) is 21.0. The summed E-state index contributed by atoms with van der Waals surface area (Å²) in [7, 11) is 3.20. The number of methoxy groups -OCH3 is 1. The average Bonchev–Trinajstić information content (AvgIpc) is 3.46. The number of hydrogen-bond donors (Lipinski definition) is 3. The molecule has 0 radical (unpaired) electrons. The Morgan fingerprint density at radius 1 is 1.16 bits per heavy atom. The van der Waals surface area contributed by atoms with Crippen molar-refractivity contribution in [2.75, 3.05) is 38.5 Å². The van der Waals surface area contributed by atoms with Gasteiger partial charge in [0.2, 0.25) is 5.95 Å². The fourth-order valence-corrected chi connectivity index (χ4v) is 6.02. The normalized spacial score (nSPS) is 15.5. The number of halogens is 4. The van der Waals surface area contributed by atoms with Crippen LogP contribution in [0.25, 0.3) is 11.1 Å². The molecule has 0 fully saturated rings. The molecule has 2 aromatic heterocycles. The van der Waals surface area contributed by atoms with Crippen molar-refractivity contribution in [3.63, 3.8) is 0 Å². The smallest absolute Gasteiger partial charge is 0.421 e. The van der Waals surface area contributed by atoms with Gasteiger partial charge in [0, 0.05) is 50.4 Å². The van der Waals surface area contributed by atoms with E-state index >= 15 is 0 Å². The first-order valence-electron chi connectivity index (χ1n) is 13.3. The number of fused-ring (bicyclic) bond motifs is 2. The predicted molar refractivity (Wildman–Crippen MR) is 161 cm³/mol. The van der Waals surface area contributed by atoms with Crippen molar-refractivity contribution >= 4 is 49.0 Å². The summed E-state index contributed by atoms with van der Waals surface area (Å²) in [6.07, 6.45) is 0.352. The quantitative estimate of drug-likeness (QED) is 0.207. The second-order valence-electron chi connectivity index (χ2n) is 9.52. The third kappa shape index (κ3) is 6.88. The standard InChI is InChI=1S/C28H28ClF3N7O4P/c1-33-26(40)23-21-8-6-18(24(23)29)17-12-35-39(14-17)9-4-10-43-44(42-3)15-16-5-7-20(22(11-16)41-2)37-27-34-13-19(28(30,31)32)25(36-21)38-27/h5-8,11-14H,4,9-10,15H2,1-3H3,(H,33,40)(H2,34,36,37,38). The van der Waals surface area contributed by atoms with Crippen LogP contribution in [0.15, 0.2) is 48.9 Å². The monoisotopic (exact) mass is 649 g/mol. The highest BCUT2D eigenvalue weighted by Gasteiger charge is 2.36. The Morgan fingerprint density at radius 3 is 2.68 bits per heavy atom. The number of aromatic nitrogens is 4. The second kappa shape index (κ2) is 13.3. The minimum absolute atomic E-state index is 0.0107. The SMILES string of the molecule is CNC(=O)c1c2ccc(c1Cl)-c1cnn(c1)CCCOP(OC)Cc1ccc(c(OC)c1)Nc1ncc(C(F)(F)F)c(n1)N2. The summed E-state index contributed by atoms with van der Waals surface area (Å²) in [5.41, 5.74) is 1.18. The van der Waals surface area contributed by atoms with Gasteiger partial charge in [-0.3, -0.25) is 9.48 Å². The molecule has 0 saturated carbocycles. The Hall–Kier alpha value is -3.97. The van der Waals surface area contributed by atoms with E-state index in [9.17, 15) is 18.0 Å². The highest BCUT2D eigenvalue weighted by molar-refractivity contribution is 7.46. The van der Waals surface area contributed by atoms with E-state index in [2.05, 4.69) is 31.0 Å². The van der Waals surface area contributed by atoms with Gasteiger partial charge >= 0.3 is 6.18 Å². The lowest BCUT2D eigenvalue weighted by atomic mass is 10.0. The fraction of sp³-hybridized carbons (Fsp3) is 0.286.